The van der Waals surface area contributed by atoms with Crippen molar-refractivity contribution < 1.29 is 9.18 Å². The van der Waals surface area contributed by atoms with E-state index in [0.29, 0.717) is 12.1 Å². The van der Waals surface area contributed by atoms with Gasteiger partial charge in [0.2, 0.25) is 5.91 Å². The molecule has 0 aliphatic carbocycles. The minimum Gasteiger partial charge on any atom is -0.287 e. The highest BCUT2D eigenvalue weighted by Crippen LogP contribution is 2.34. The SMILES string of the molecule is CC1(C)CN([C@H](c2ccccc2)c2ccccc2F)NC1=O. The lowest BCUT2D eigenvalue weighted by atomic mass is 9.92. The van der Waals surface area contributed by atoms with Gasteiger partial charge in [-0.3, -0.25) is 10.2 Å². The molecule has 1 aliphatic rings. The Balaban J connectivity index is 2.06. The third-order valence-electron chi connectivity index (χ3n) is 4.05. The van der Waals surface area contributed by atoms with Gasteiger partial charge in [0.1, 0.15) is 5.82 Å². The molecule has 0 spiro atoms. The molecule has 4 heteroatoms. The van der Waals surface area contributed by atoms with E-state index < -0.39 is 5.41 Å². The highest BCUT2D eigenvalue weighted by atomic mass is 19.1. The van der Waals surface area contributed by atoms with Gasteiger partial charge in [0, 0.05) is 12.1 Å². The first-order valence-electron chi connectivity index (χ1n) is 7.36. The van der Waals surface area contributed by atoms with Crippen molar-refractivity contribution in [2.75, 3.05) is 6.54 Å². The Morgan fingerprint density at radius 1 is 1.09 bits per heavy atom. The number of hydrogen-bond acceptors (Lipinski definition) is 2. The summed E-state index contributed by atoms with van der Waals surface area (Å²) in [5, 5.41) is 1.83. The summed E-state index contributed by atoms with van der Waals surface area (Å²) >= 11 is 0. The predicted molar refractivity (Wildman–Crippen MR) is 83.3 cm³/mol. The Morgan fingerprint density at radius 2 is 1.73 bits per heavy atom. The van der Waals surface area contributed by atoms with Gasteiger partial charge in [0.05, 0.1) is 11.5 Å². The van der Waals surface area contributed by atoms with Crippen molar-refractivity contribution in [1.29, 1.82) is 0 Å². The fourth-order valence-corrected chi connectivity index (χ4v) is 2.83. The van der Waals surface area contributed by atoms with Crippen molar-refractivity contribution in [3.05, 3.63) is 71.5 Å². The molecule has 0 unspecified atom stereocenters. The number of hydrazine groups is 1. The molecule has 1 N–H and O–H groups in total. The Labute approximate surface area is 129 Å². The topological polar surface area (TPSA) is 32.3 Å². The maximum atomic E-state index is 14.3. The summed E-state index contributed by atoms with van der Waals surface area (Å²) in [5.41, 5.74) is 3.92. The molecule has 3 nitrogen and oxygen atoms in total. The molecule has 1 atom stereocenters. The standard InChI is InChI=1S/C18H19FN2O/c1-18(2)12-21(20-17(18)22)16(13-8-4-3-5-9-13)14-10-6-7-11-15(14)19/h3-11,16H,12H2,1-2H3,(H,20,22)/t16-/m1/s1. The number of rotatable bonds is 3. The highest BCUT2D eigenvalue weighted by Gasteiger charge is 2.41. The molecule has 0 aromatic heterocycles. The van der Waals surface area contributed by atoms with Crippen molar-refractivity contribution >= 4 is 5.91 Å². The molecule has 2 aromatic rings. The van der Waals surface area contributed by atoms with Gasteiger partial charge in [-0.25, -0.2) is 9.40 Å². The number of hydrogen-bond donors (Lipinski definition) is 1. The summed E-state index contributed by atoms with van der Waals surface area (Å²) in [7, 11) is 0. The van der Waals surface area contributed by atoms with Crippen LogP contribution in [0.1, 0.15) is 31.0 Å². The van der Waals surface area contributed by atoms with Crippen molar-refractivity contribution in [2.45, 2.75) is 19.9 Å². The molecule has 1 saturated heterocycles. The zero-order valence-corrected chi connectivity index (χ0v) is 12.7. The van der Waals surface area contributed by atoms with Crippen LogP contribution in [0.3, 0.4) is 0 Å². The van der Waals surface area contributed by atoms with E-state index in [0.717, 1.165) is 5.56 Å². The molecular formula is C18H19FN2O. The monoisotopic (exact) mass is 298 g/mol. The van der Waals surface area contributed by atoms with Gasteiger partial charge in [-0.2, -0.15) is 0 Å². The number of amides is 1. The largest absolute Gasteiger partial charge is 0.287 e. The van der Waals surface area contributed by atoms with Gasteiger partial charge in [-0.05, 0) is 25.5 Å². The van der Waals surface area contributed by atoms with E-state index in [4.69, 9.17) is 0 Å². The van der Waals surface area contributed by atoms with Gasteiger partial charge in [-0.1, -0.05) is 48.5 Å². The van der Waals surface area contributed by atoms with Crippen LogP contribution in [0.15, 0.2) is 54.6 Å². The lowest BCUT2D eigenvalue weighted by Gasteiger charge is -2.28. The highest BCUT2D eigenvalue weighted by molar-refractivity contribution is 5.83. The number of carbonyl (C=O) groups is 1. The Bertz CT molecular complexity index is 684. The smallest absolute Gasteiger partial charge is 0.241 e. The van der Waals surface area contributed by atoms with E-state index in [1.54, 1.807) is 12.1 Å². The van der Waals surface area contributed by atoms with Crippen LogP contribution in [0.5, 0.6) is 0 Å². The van der Waals surface area contributed by atoms with Gasteiger partial charge in [0.25, 0.3) is 0 Å². The average Bonchev–Trinajstić information content (AvgIpc) is 2.76. The molecule has 2 aromatic carbocycles. The normalized spacial score (nSPS) is 19.0. The zero-order valence-electron chi connectivity index (χ0n) is 12.7. The fourth-order valence-electron chi connectivity index (χ4n) is 2.83. The number of nitrogens with one attached hydrogen (secondary N) is 1. The van der Waals surface area contributed by atoms with Crippen molar-refractivity contribution in [1.82, 2.24) is 10.4 Å². The van der Waals surface area contributed by atoms with Crippen LogP contribution in [0.2, 0.25) is 0 Å². The zero-order chi connectivity index (χ0) is 15.7. The van der Waals surface area contributed by atoms with Crippen LogP contribution in [-0.2, 0) is 4.79 Å². The maximum Gasteiger partial charge on any atom is 0.241 e. The second-order valence-electron chi connectivity index (χ2n) is 6.29. The molecule has 22 heavy (non-hydrogen) atoms. The Kier molecular flexibility index (Phi) is 3.71. The minimum atomic E-state index is -0.488. The molecule has 0 radical (unpaired) electrons. The summed E-state index contributed by atoms with van der Waals surface area (Å²) < 4.78 is 14.3. The first-order valence-corrected chi connectivity index (χ1v) is 7.36. The summed E-state index contributed by atoms with van der Waals surface area (Å²) in [5.74, 6) is -0.305. The van der Waals surface area contributed by atoms with Crippen LogP contribution in [0.4, 0.5) is 4.39 Å². The van der Waals surface area contributed by atoms with Crippen LogP contribution >= 0.6 is 0 Å². The second kappa shape index (κ2) is 5.54. The van der Waals surface area contributed by atoms with Crippen LogP contribution in [-0.4, -0.2) is 17.5 Å². The molecule has 114 valence electrons. The third-order valence-corrected chi connectivity index (χ3v) is 4.05. The lowest BCUT2D eigenvalue weighted by Crippen LogP contribution is -2.37. The Hall–Kier alpha value is -2.20. The van der Waals surface area contributed by atoms with Crippen LogP contribution < -0.4 is 5.43 Å². The minimum absolute atomic E-state index is 0.0372. The summed E-state index contributed by atoms with van der Waals surface area (Å²) in [4.78, 5) is 12.1. The predicted octanol–water partition coefficient (Wildman–Crippen LogP) is 3.29. The van der Waals surface area contributed by atoms with Gasteiger partial charge >= 0.3 is 0 Å². The molecule has 0 saturated carbocycles. The number of halogens is 1. The van der Waals surface area contributed by atoms with Crippen LogP contribution in [0.25, 0.3) is 0 Å². The summed E-state index contributed by atoms with van der Waals surface area (Å²) in [6.07, 6.45) is 0. The van der Waals surface area contributed by atoms with Gasteiger partial charge in [-0.15, -0.1) is 0 Å². The molecule has 1 heterocycles. The number of carbonyl (C=O) groups excluding carboxylic acids is 1. The van der Waals surface area contributed by atoms with Crippen molar-refractivity contribution in [3.8, 4) is 0 Å². The average molecular weight is 298 g/mol. The first kappa shape index (κ1) is 14.7. The Morgan fingerprint density at radius 3 is 2.32 bits per heavy atom. The maximum absolute atomic E-state index is 14.3. The van der Waals surface area contributed by atoms with E-state index in [1.165, 1.54) is 6.07 Å². The fraction of sp³-hybridized carbons (Fsp3) is 0.278. The van der Waals surface area contributed by atoms with Crippen molar-refractivity contribution in [3.63, 3.8) is 0 Å². The van der Waals surface area contributed by atoms with Crippen molar-refractivity contribution in [2.24, 2.45) is 5.41 Å². The molecule has 3 rings (SSSR count). The second-order valence-corrected chi connectivity index (χ2v) is 6.29. The third kappa shape index (κ3) is 2.62. The lowest BCUT2D eigenvalue weighted by molar-refractivity contribution is -0.126. The van der Waals surface area contributed by atoms with E-state index in [2.05, 4.69) is 5.43 Å². The molecule has 0 bridgehead atoms. The molecule has 1 aliphatic heterocycles. The van der Waals surface area contributed by atoms with E-state index in [9.17, 15) is 9.18 Å². The molecule has 1 amide bonds. The van der Waals surface area contributed by atoms with Crippen LogP contribution in [0, 0.1) is 11.2 Å². The first-order chi connectivity index (χ1) is 10.5. The number of benzene rings is 2. The molecular weight excluding hydrogens is 279 g/mol. The van der Waals surface area contributed by atoms with E-state index in [1.807, 2.05) is 55.3 Å². The summed E-state index contributed by atoms with van der Waals surface area (Å²) in [6.45, 7) is 4.32. The summed E-state index contributed by atoms with van der Waals surface area (Å²) in [6, 6.07) is 16.0. The molecule has 1 fully saturated rings. The van der Waals surface area contributed by atoms with E-state index >= 15 is 0 Å². The number of nitrogens with zero attached hydrogens (tertiary/aromatic N) is 1. The van der Waals surface area contributed by atoms with E-state index in [-0.39, 0.29) is 17.8 Å². The quantitative estimate of drug-likeness (QED) is 0.943. The van der Waals surface area contributed by atoms with Gasteiger partial charge < -0.3 is 0 Å². The van der Waals surface area contributed by atoms with Gasteiger partial charge in [0.15, 0.2) is 0 Å².